The number of nitrogens with one attached hydrogen (secondary N) is 1. The number of hydrogen-bond acceptors (Lipinski definition) is 5. The maximum atomic E-state index is 13.3. The first-order valence-corrected chi connectivity index (χ1v) is 11.1. The summed E-state index contributed by atoms with van der Waals surface area (Å²) in [6.45, 7) is 19.2. The minimum Gasteiger partial charge on any atom is -0.373 e. The molecule has 1 aliphatic heterocycles. The fraction of sp³-hybridized carbons (Fsp3) is 0.696. The van der Waals surface area contributed by atoms with E-state index in [2.05, 4.69) is 70.7 Å². The van der Waals surface area contributed by atoms with E-state index in [-0.39, 0.29) is 35.6 Å². The summed E-state index contributed by atoms with van der Waals surface area (Å²) in [6, 6.07) is 2.10. The molecule has 3 heterocycles. The van der Waals surface area contributed by atoms with Crippen molar-refractivity contribution >= 4 is 16.9 Å². The SMILES string of the molecule is CC(C)c1cc(C(=O)NCC(C)(C)N2C[C@@H](C)O[C@H](C)C2)c2cnn(C(C)C)c2n1. The van der Waals surface area contributed by atoms with Crippen molar-refractivity contribution in [2.75, 3.05) is 19.6 Å². The smallest absolute Gasteiger partial charge is 0.252 e. The monoisotopic (exact) mass is 415 g/mol. The number of fused-ring (bicyclic) bond motifs is 1. The molecular weight excluding hydrogens is 378 g/mol. The lowest BCUT2D eigenvalue weighted by Crippen LogP contribution is -2.58. The normalized spacial score (nSPS) is 21.0. The van der Waals surface area contributed by atoms with Crippen LogP contribution in [0.1, 0.15) is 83.4 Å². The van der Waals surface area contributed by atoms with Crippen LogP contribution in [0.3, 0.4) is 0 Å². The van der Waals surface area contributed by atoms with E-state index in [0.29, 0.717) is 12.1 Å². The fourth-order valence-electron chi connectivity index (χ4n) is 4.07. The van der Waals surface area contributed by atoms with Crippen molar-refractivity contribution in [3.63, 3.8) is 0 Å². The lowest BCUT2D eigenvalue weighted by molar-refractivity contribution is -0.0948. The van der Waals surface area contributed by atoms with Crippen LogP contribution in [0.5, 0.6) is 0 Å². The molecule has 30 heavy (non-hydrogen) atoms. The Balaban J connectivity index is 1.84. The van der Waals surface area contributed by atoms with Crippen LogP contribution in [-0.2, 0) is 4.74 Å². The van der Waals surface area contributed by atoms with Gasteiger partial charge in [0, 0.05) is 36.9 Å². The summed E-state index contributed by atoms with van der Waals surface area (Å²) in [5.74, 6) is 0.152. The van der Waals surface area contributed by atoms with Crippen LogP contribution in [0.2, 0.25) is 0 Å². The Labute approximate surface area is 180 Å². The zero-order valence-electron chi connectivity index (χ0n) is 19.7. The van der Waals surface area contributed by atoms with Gasteiger partial charge in [-0.2, -0.15) is 5.10 Å². The maximum absolute atomic E-state index is 13.3. The highest BCUT2D eigenvalue weighted by Gasteiger charge is 2.33. The molecule has 0 spiro atoms. The lowest BCUT2D eigenvalue weighted by atomic mass is 9.99. The predicted molar refractivity (Wildman–Crippen MR) is 120 cm³/mol. The Bertz CT molecular complexity index is 892. The Hall–Kier alpha value is -1.99. The van der Waals surface area contributed by atoms with Crippen molar-refractivity contribution in [3.05, 3.63) is 23.5 Å². The van der Waals surface area contributed by atoms with Crippen LogP contribution in [0.25, 0.3) is 11.0 Å². The van der Waals surface area contributed by atoms with E-state index in [1.807, 2.05) is 10.7 Å². The molecular formula is C23H37N5O2. The highest BCUT2D eigenvalue weighted by atomic mass is 16.5. The van der Waals surface area contributed by atoms with E-state index in [4.69, 9.17) is 9.72 Å². The van der Waals surface area contributed by atoms with Crippen molar-refractivity contribution in [1.29, 1.82) is 0 Å². The zero-order valence-corrected chi connectivity index (χ0v) is 19.7. The number of carbonyl (C=O) groups is 1. The predicted octanol–water partition coefficient (Wildman–Crippen LogP) is 3.75. The third kappa shape index (κ3) is 4.67. The summed E-state index contributed by atoms with van der Waals surface area (Å²) < 4.78 is 7.75. The molecule has 7 nitrogen and oxygen atoms in total. The first-order valence-electron chi connectivity index (χ1n) is 11.1. The molecule has 166 valence electrons. The molecule has 0 aromatic carbocycles. The molecule has 1 amide bonds. The molecule has 1 N–H and O–H groups in total. The van der Waals surface area contributed by atoms with Gasteiger partial charge in [-0.15, -0.1) is 0 Å². The van der Waals surface area contributed by atoms with E-state index < -0.39 is 0 Å². The van der Waals surface area contributed by atoms with E-state index in [9.17, 15) is 4.79 Å². The van der Waals surface area contributed by atoms with Gasteiger partial charge in [-0.3, -0.25) is 9.69 Å². The van der Waals surface area contributed by atoms with Crippen molar-refractivity contribution in [2.24, 2.45) is 0 Å². The molecule has 0 radical (unpaired) electrons. The Morgan fingerprint density at radius 2 is 1.87 bits per heavy atom. The Morgan fingerprint density at radius 3 is 2.43 bits per heavy atom. The number of amides is 1. The van der Waals surface area contributed by atoms with Gasteiger partial charge in [0.2, 0.25) is 0 Å². The number of aromatic nitrogens is 3. The van der Waals surface area contributed by atoms with Gasteiger partial charge in [0.25, 0.3) is 5.91 Å². The largest absolute Gasteiger partial charge is 0.373 e. The maximum Gasteiger partial charge on any atom is 0.252 e. The third-order valence-electron chi connectivity index (χ3n) is 5.87. The molecule has 0 bridgehead atoms. The molecule has 1 fully saturated rings. The van der Waals surface area contributed by atoms with Gasteiger partial charge < -0.3 is 10.1 Å². The van der Waals surface area contributed by atoms with Gasteiger partial charge in [0.15, 0.2) is 5.65 Å². The first kappa shape index (κ1) is 22.7. The zero-order chi connectivity index (χ0) is 22.2. The highest BCUT2D eigenvalue weighted by molar-refractivity contribution is 6.05. The Morgan fingerprint density at radius 1 is 1.23 bits per heavy atom. The van der Waals surface area contributed by atoms with Crippen LogP contribution >= 0.6 is 0 Å². The molecule has 1 saturated heterocycles. The number of pyridine rings is 1. The van der Waals surface area contributed by atoms with Crippen LogP contribution in [0.4, 0.5) is 0 Å². The fourth-order valence-corrected chi connectivity index (χ4v) is 4.07. The summed E-state index contributed by atoms with van der Waals surface area (Å²) in [6.07, 6.45) is 2.15. The summed E-state index contributed by atoms with van der Waals surface area (Å²) in [5.41, 5.74) is 2.16. The minimum absolute atomic E-state index is 0.0740. The molecule has 2 aromatic rings. The summed E-state index contributed by atoms with van der Waals surface area (Å²) in [4.78, 5) is 20.5. The summed E-state index contributed by atoms with van der Waals surface area (Å²) in [7, 11) is 0. The second-order valence-electron chi connectivity index (χ2n) is 9.83. The van der Waals surface area contributed by atoms with Crippen molar-refractivity contribution in [1.82, 2.24) is 25.0 Å². The van der Waals surface area contributed by atoms with Crippen molar-refractivity contribution in [2.45, 2.75) is 85.1 Å². The molecule has 0 unspecified atom stereocenters. The molecule has 0 aliphatic carbocycles. The molecule has 0 saturated carbocycles. The Kier molecular flexibility index (Phi) is 6.53. The third-order valence-corrected chi connectivity index (χ3v) is 5.87. The molecule has 1 aliphatic rings. The number of morpholine rings is 1. The summed E-state index contributed by atoms with van der Waals surface area (Å²) in [5, 5.41) is 8.47. The van der Waals surface area contributed by atoms with Crippen LogP contribution < -0.4 is 5.32 Å². The van der Waals surface area contributed by atoms with Gasteiger partial charge in [-0.05, 0) is 53.5 Å². The van der Waals surface area contributed by atoms with Gasteiger partial charge in [-0.1, -0.05) is 13.8 Å². The second-order valence-corrected chi connectivity index (χ2v) is 9.83. The number of ether oxygens (including phenoxy) is 1. The number of hydrogen-bond donors (Lipinski definition) is 1. The van der Waals surface area contributed by atoms with Gasteiger partial charge in [-0.25, -0.2) is 9.67 Å². The van der Waals surface area contributed by atoms with Gasteiger partial charge in [0.1, 0.15) is 0 Å². The molecule has 3 rings (SSSR count). The summed E-state index contributed by atoms with van der Waals surface area (Å²) >= 11 is 0. The van der Waals surface area contributed by atoms with Crippen LogP contribution in [0.15, 0.2) is 12.3 Å². The average molecular weight is 416 g/mol. The van der Waals surface area contributed by atoms with Crippen molar-refractivity contribution in [3.8, 4) is 0 Å². The van der Waals surface area contributed by atoms with Gasteiger partial charge in [0.05, 0.1) is 29.4 Å². The van der Waals surface area contributed by atoms with E-state index in [1.54, 1.807) is 6.20 Å². The lowest BCUT2D eigenvalue weighted by Gasteiger charge is -2.45. The standard InChI is InChI=1S/C23H37N5O2/c1-14(2)20-9-18(19-10-25-28(15(3)4)21(19)26-20)22(29)24-13-23(7,8)27-11-16(5)30-17(6)12-27/h9-10,14-17H,11-13H2,1-8H3,(H,24,29)/t16-,17-/m1/s1. The molecule has 2 aromatic heterocycles. The van der Waals surface area contributed by atoms with Crippen LogP contribution in [0, 0.1) is 0 Å². The van der Waals surface area contributed by atoms with E-state index in [0.717, 1.165) is 29.8 Å². The number of carbonyl (C=O) groups excluding carboxylic acids is 1. The first-order chi connectivity index (χ1) is 14.0. The average Bonchev–Trinajstić information content (AvgIpc) is 3.08. The van der Waals surface area contributed by atoms with E-state index in [1.165, 1.54) is 0 Å². The second kappa shape index (κ2) is 8.63. The molecule has 7 heteroatoms. The van der Waals surface area contributed by atoms with Gasteiger partial charge >= 0.3 is 0 Å². The van der Waals surface area contributed by atoms with E-state index >= 15 is 0 Å². The van der Waals surface area contributed by atoms with Crippen molar-refractivity contribution < 1.29 is 9.53 Å². The highest BCUT2D eigenvalue weighted by Crippen LogP contribution is 2.25. The quantitative estimate of drug-likeness (QED) is 0.778. The topological polar surface area (TPSA) is 72.3 Å². The molecule has 2 atom stereocenters. The minimum atomic E-state index is -0.170. The number of nitrogens with zero attached hydrogens (tertiary/aromatic N) is 4. The number of rotatable bonds is 6. The van der Waals surface area contributed by atoms with Crippen LogP contribution in [-0.4, -0.2) is 63.0 Å².